The molecule has 26 heavy (non-hydrogen) atoms. The van der Waals surface area contributed by atoms with Crippen LogP contribution in [0.15, 0.2) is 36.4 Å². The Morgan fingerprint density at radius 2 is 1.88 bits per heavy atom. The molecule has 1 aliphatic rings. The molecule has 1 N–H and O–H groups in total. The van der Waals surface area contributed by atoms with Crippen LogP contribution in [0.4, 0.5) is 0 Å². The van der Waals surface area contributed by atoms with Crippen LogP contribution in [0.25, 0.3) is 0 Å². The highest BCUT2D eigenvalue weighted by Gasteiger charge is 2.31. The lowest BCUT2D eigenvalue weighted by Crippen LogP contribution is -2.38. The van der Waals surface area contributed by atoms with Gasteiger partial charge in [0.25, 0.3) is 0 Å². The first-order valence-electron chi connectivity index (χ1n) is 8.48. The number of carbonyl (C=O) groups excluding carboxylic acids is 1. The van der Waals surface area contributed by atoms with Gasteiger partial charge in [-0.15, -0.1) is 0 Å². The number of halogens is 1. The molecule has 0 radical (unpaired) electrons. The van der Waals surface area contributed by atoms with Gasteiger partial charge in [0.2, 0.25) is 5.91 Å². The van der Waals surface area contributed by atoms with Crippen molar-refractivity contribution in [2.24, 2.45) is 0 Å². The monoisotopic (exact) mass is 375 g/mol. The highest BCUT2D eigenvalue weighted by molar-refractivity contribution is 6.31. The molecule has 3 rings (SSSR count). The zero-order valence-corrected chi connectivity index (χ0v) is 15.6. The molecule has 0 saturated heterocycles. The van der Waals surface area contributed by atoms with Crippen molar-refractivity contribution in [1.29, 1.82) is 0 Å². The average molecular weight is 376 g/mol. The lowest BCUT2D eigenvalue weighted by molar-refractivity contribution is -0.134. The molecule has 138 valence electrons. The van der Waals surface area contributed by atoms with Gasteiger partial charge in [0, 0.05) is 29.1 Å². The second-order valence-corrected chi connectivity index (χ2v) is 6.65. The summed E-state index contributed by atoms with van der Waals surface area (Å²) in [5, 5.41) is 11.3. The minimum absolute atomic E-state index is 0.0282. The Labute approximate surface area is 158 Å². The maximum atomic E-state index is 12.7. The van der Waals surface area contributed by atoms with Gasteiger partial charge in [-0.05, 0) is 30.2 Å². The fourth-order valence-electron chi connectivity index (χ4n) is 3.37. The van der Waals surface area contributed by atoms with Gasteiger partial charge < -0.3 is 19.5 Å². The summed E-state index contributed by atoms with van der Waals surface area (Å²) in [6, 6.07) is 11.1. The van der Waals surface area contributed by atoms with E-state index in [2.05, 4.69) is 0 Å². The highest BCUT2D eigenvalue weighted by atomic mass is 35.5. The van der Waals surface area contributed by atoms with Gasteiger partial charge in [-0.1, -0.05) is 29.8 Å². The number of hydrogen-bond donors (Lipinski definition) is 1. The topological polar surface area (TPSA) is 59.0 Å². The quantitative estimate of drug-likeness (QED) is 0.870. The molecule has 0 bridgehead atoms. The molecule has 2 aromatic carbocycles. The third-order valence-electron chi connectivity index (χ3n) is 4.71. The van der Waals surface area contributed by atoms with Crippen LogP contribution in [0.5, 0.6) is 11.5 Å². The van der Waals surface area contributed by atoms with Crippen molar-refractivity contribution in [1.82, 2.24) is 4.90 Å². The number of nitrogens with zero attached hydrogens (tertiary/aromatic N) is 1. The van der Waals surface area contributed by atoms with Crippen LogP contribution >= 0.6 is 11.6 Å². The molecule has 1 atom stereocenters. The minimum Gasteiger partial charge on any atom is -0.496 e. The van der Waals surface area contributed by atoms with Crippen LogP contribution in [0.1, 0.15) is 29.2 Å². The van der Waals surface area contributed by atoms with Crippen LogP contribution in [0.3, 0.4) is 0 Å². The predicted molar refractivity (Wildman–Crippen MR) is 99.7 cm³/mol. The molecule has 0 saturated carbocycles. The van der Waals surface area contributed by atoms with Crippen LogP contribution in [-0.4, -0.2) is 36.7 Å². The molecule has 0 aliphatic carbocycles. The zero-order chi connectivity index (χ0) is 18.7. The Bertz CT molecular complexity index is 808. The molecule has 1 aliphatic heterocycles. The van der Waals surface area contributed by atoms with E-state index >= 15 is 0 Å². The van der Waals surface area contributed by atoms with Crippen molar-refractivity contribution >= 4 is 17.5 Å². The zero-order valence-electron chi connectivity index (χ0n) is 14.9. The maximum absolute atomic E-state index is 12.7. The van der Waals surface area contributed by atoms with Crippen molar-refractivity contribution in [3.05, 3.63) is 58.1 Å². The molecule has 1 amide bonds. The molecular weight excluding hydrogens is 354 g/mol. The third-order valence-corrected chi connectivity index (χ3v) is 5.08. The van der Waals surface area contributed by atoms with E-state index in [-0.39, 0.29) is 12.5 Å². The van der Waals surface area contributed by atoms with E-state index in [0.29, 0.717) is 41.5 Å². The fraction of sp³-hybridized carbons (Fsp3) is 0.350. The molecule has 0 spiro atoms. The number of ether oxygens (including phenoxy) is 2. The lowest BCUT2D eigenvalue weighted by atomic mass is 9.94. The van der Waals surface area contributed by atoms with E-state index in [1.165, 1.54) is 0 Å². The smallest absolute Gasteiger partial charge is 0.223 e. The van der Waals surface area contributed by atoms with Crippen molar-refractivity contribution in [3.8, 4) is 11.5 Å². The van der Waals surface area contributed by atoms with Crippen molar-refractivity contribution < 1.29 is 19.4 Å². The Kier molecular flexibility index (Phi) is 5.69. The average Bonchev–Trinajstić information content (AvgIpc) is 2.66. The Balaban J connectivity index is 1.77. The van der Waals surface area contributed by atoms with Gasteiger partial charge in [-0.25, -0.2) is 0 Å². The van der Waals surface area contributed by atoms with Crippen LogP contribution < -0.4 is 9.47 Å². The summed E-state index contributed by atoms with van der Waals surface area (Å²) in [5.41, 5.74) is 2.43. The molecule has 5 nitrogen and oxygen atoms in total. The number of carbonyl (C=O) groups is 1. The maximum Gasteiger partial charge on any atom is 0.223 e. The van der Waals surface area contributed by atoms with E-state index in [9.17, 15) is 9.90 Å². The van der Waals surface area contributed by atoms with Crippen molar-refractivity contribution in [2.75, 3.05) is 20.8 Å². The van der Waals surface area contributed by atoms with Gasteiger partial charge in [0.15, 0.2) is 0 Å². The standard InChI is InChI=1S/C20H22ClNO4/c1-25-17-8-9-18(26-2)20-14(17)11-22(12-16(20)23)19(24)10-7-13-5-3-4-6-15(13)21/h3-6,8-9,16,23H,7,10-12H2,1-2H3/t16-/m0/s1. The predicted octanol–water partition coefficient (Wildman–Crippen LogP) is 3.37. The molecule has 0 fully saturated rings. The summed E-state index contributed by atoms with van der Waals surface area (Å²) < 4.78 is 10.8. The van der Waals surface area contributed by atoms with Crippen LogP contribution in [0, 0.1) is 0 Å². The highest BCUT2D eigenvalue weighted by Crippen LogP contribution is 2.39. The van der Waals surface area contributed by atoms with Gasteiger partial charge in [0.05, 0.1) is 20.8 Å². The summed E-state index contributed by atoms with van der Waals surface area (Å²) in [6.45, 7) is 0.617. The third kappa shape index (κ3) is 3.64. The van der Waals surface area contributed by atoms with E-state index in [4.69, 9.17) is 21.1 Å². The first kappa shape index (κ1) is 18.5. The van der Waals surface area contributed by atoms with Gasteiger partial charge in [-0.2, -0.15) is 0 Å². The van der Waals surface area contributed by atoms with Gasteiger partial charge >= 0.3 is 0 Å². The summed E-state index contributed by atoms with van der Waals surface area (Å²) >= 11 is 6.16. The van der Waals surface area contributed by atoms with E-state index in [1.54, 1.807) is 31.3 Å². The van der Waals surface area contributed by atoms with E-state index in [0.717, 1.165) is 11.1 Å². The first-order chi connectivity index (χ1) is 12.5. The number of fused-ring (bicyclic) bond motifs is 1. The summed E-state index contributed by atoms with van der Waals surface area (Å²) in [5.74, 6) is 1.22. The largest absolute Gasteiger partial charge is 0.496 e. The van der Waals surface area contributed by atoms with Gasteiger partial charge in [0.1, 0.15) is 17.6 Å². The van der Waals surface area contributed by atoms with Crippen LogP contribution in [-0.2, 0) is 17.8 Å². The lowest BCUT2D eigenvalue weighted by Gasteiger charge is -2.34. The second kappa shape index (κ2) is 7.98. The molecule has 1 heterocycles. The van der Waals surface area contributed by atoms with Crippen LogP contribution in [0.2, 0.25) is 5.02 Å². The van der Waals surface area contributed by atoms with Gasteiger partial charge in [-0.3, -0.25) is 4.79 Å². The number of β-amino-alcohol motifs (C(OH)–C–C–N with tert-alkyl or cyclic N) is 1. The fourth-order valence-corrected chi connectivity index (χ4v) is 3.60. The Hall–Kier alpha value is -2.24. The number of hydrogen-bond acceptors (Lipinski definition) is 4. The molecular formula is C20H22ClNO4. The molecule has 0 aromatic heterocycles. The van der Waals surface area contributed by atoms with Crippen molar-refractivity contribution in [2.45, 2.75) is 25.5 Å². The number of amides is 1. The molecule has 2 aromatic rings. The molecule has 6 heteroatoms. The Morgan fingerprint density at radius 3 is 2.58 bits per heavy atom. The number of methoxy groups -OCH3 is 2. The number of aryl methyl sites for hydroxylation is 1. The normalized spacial score (nSPS) is 16.2. The Morgan fingerprint density at radius 1 is 1.19 bits per heavy atom. The summed E-state index contributed by atoms with van der Waals surface area (Å²) in [4.78, 5) is 14.4. The second-order valence-electron chi connectivity index (χ2n) is 6.24. The number of aliphatic hydroxyl groups excluding tert-OH is 1. The molecule has 0 unspecified atom stereocenters. The SMILES string of the molecule is COc1ccc(OC)c2c1CN(C(=O)CCc1ccccc1Cl)C[C@@H]2O. The van der Waals surface area contributed by atoms with E-state index in [1.807, 2.05) is 24.3 Å². The number of rotatable bonds is 5. The minimum atomic E-state index is -0.812. The summed E-state index contributed by atoms with van der Waals surface area (Å²) in [6.07, 6.45) is 0.0821. The van der Waals surface area contributed by atoms with E-state index < -0.39 is 6.10 Å². The van der Waals surface area contributed by atoms with Crippen molar-refractivity contribution in [3.63, 3.8) is 0 Å². The first-order valence-corrected chi connectivity index (χ1v) is 8.86. The number of benzene rings is 2. The number of aliphatic hydroxyl groups is 1. The summed E-state index contributed by atoms with van der Waals surface area (Å²) in [7, 11) is 3.14.